The molecule has 0 unspecified atom stereocenters. The summed E-state index contributed by atoms with van der Waals surface area (Å²) in [6, 6.07) is 6.81. The molecule has 1 fully saturated rings. The summed E-state index contributed by atoms with van der Waals surface area (Å²) in [5, 5.41) is 0. The Bertz CT molecular complexity index is 879. The number of aryl methyl sites for hydroxylation is 1. The van der Waals surface area contributed by atoms with Gasteiger partial charge >= 0.3 is 0 Å². The van der Waals surface area contributed by atoms with Gasteiger partial charge in [0.15, 0.2) is 0 Å². The summed E-state index contributed by atoms with van der Waals surface area (Å²) in [5.74, 6) is 0.962. The second-order valence-corrected chi connectivity index (χ2v) is 8.34. The van der Waals surface area contributed by atoms with E-state index in [0.717, 1.165) is 23.6 Å². The highest BCUT2D eigenvalue weighted by molar-refractivity contribution is 7.89. The van der Waals surface area contributed by atoms with Gasteiger partial charge in [0.25, 0.3) is 0 Å². The molecule has 2 heterocycles. The van der Waals surface area contributed by atoms with E-state index in [1.807, 2.05) is 36.9 Å². The van der Waals surface area contributed by atoms with Crippen LogP contribution in [0.15, 0.2) is 35.2 Å². The smallest absolute Gasteiger partial charge is 0.243 e. The maximum absolute atomic E-state index is 13.0. The van der Waals surface area contributed by atoms with Crippen molar-refractivity contribution in [3.63, 3.8) is 0 Å². The molecule has 1 aromatic heterocycles. The van der Waals surface area contributed by atoms with Crippen LogP contribution in [0.25, 0.3) is 0 Å². The minimum absolute atomic E-state index is 0.106. The van der Waals surface area contributed by atoms with Crippen LogP contribution in [-0.4, -0.2) is 63.0 Å². The van der Waals surface area contributed by atoms with E-state index in [4.69, 9.17) is 0 Å². The zero-order chi connectivity index (χ0) is 18.9. The Hall–Kier alpha value is -2.26. The summed E-state index contributed by atoms with van der Waals surface area (Å²) in [6.07, 6.45) is 0. The van der Waals surface area contributed by atoms with E-state index >= 15 is 0 Å². The van der Waals surface area contributed by atoms with E-state index in [-0.39, 0.29) is 4.90 Å². The third kappa shape index (κ3) is 3.78. The number of rotatable bonds is 4. The van der Waals surface area contributed by atoms with Crippen LogP contribution in [0, 0.1) is 12.7 Å². The summed E-state index contributed by atoms with van der Waals surface area (Å²) in [4.78, 5) is 13.0. The Morgan fingerprint density at radius 2 is 1.65 bits per heavy atom. The van der Waals surface area contributed by atoms with Gasteiger partial charge in [0.1, 0.15) is 11.6 Å². The lowest BCUT2D eigenvalue weighted by molar-refractivity contribution is 0.382. The number of halogens is 1. The Labute approximate surface area is 153 Å². The second-order valence-electron chi connectivity index (χ2n) is 6.41. The van der Waals surface area contributed by atoms with Crippen molar-refractivity contribution < 1.29 is 12.8 Å². The molecule has 0 atom stereocenters. The monoisotopic (exact) mass is 379 g/mol. The molecule has 0 saturated carbocycles. The number of anilines is 2. The van der Waals surface area contributed by atoms with Gasteiger partial charge in [0.05, 0.1) is 4.90 Å². The van der Waals surface area contributed by atoms with Crippen LogP contribution >= 0.6 is 0 Å². The van der Waals surface area contributed by atoms with Crippen LogP contribution in [0.3, 0.4) is 0 Å². The lowest BCUT2D eigenvalue weighted by Gasteiger charge is -2.34. The Kier molecular flexibility index (Phi) is 5.10. The van der Waals surface area contributed by atoms with Crippen molar-refractivity contribution in [2.45, 2.75) is 11.8 Å². The molecule has 140 valence electrons. The lowest BCUT2D eigenvalue weighted by Crippen LogP contribution is -2.49. The largest absolute Gasteiger partial charge is 0.363 e. The molecule has 3 rings (SSSR count). The molecule has 9 heteroatoms. The minimum Gasteiger partial charge on any atom is -0.363 e. The molecule has 0 bridgehead atoms. The summed E-state index contributed by atoms with van der Waals surface area (Å²) in [6.45, 7) is 3.56. The molecule has 0 radical (unpaired) electrons. The van der Waals surface area contributed by atoms with Gasteiger partial charge < -0.3 is 9.80 Å². The molecule has 0 N–H and O–H groups in total. The van der Waals surface area contributed by atoms with E-state index < -0.39 is 15.8 Å². The summed E-state index contributed by atoms with van der Waals surface area (Å²) in [5.41, 5.74) is 0.861. The number of nitrogens with zero attached hydrogens (tertiary/aromatic N) is 5. The van der Waals surface area contributed by atoms with Crippen molar-refractivity contribution in [1.29, 1.82) is 0 Å². The molecule has 7 nitrogen and oxygen atoms in total. The van der Waals surface area contributed by atoms with E-state index in [1.165, 1.54) is 16.4 Å². The van der Waals surface area contributed by atoms with Gasteiger partial charge in [0.2, 0.25) is 16.0 Å². The molecule has 1 aromatic carbocycles. The first-order valence-corrected chi connectivity index (χ1v) is 9.75. The van der Waals surface area contributed by atoms with Crippen molar-refractivity contribution in [2.75, 3.05) is 50.1 Å². The van der Waals surface area contributed by atoms with Gasteiger partial charge in [-0.1, -0.05) is 0 Å². The number of hydrogen-bond donors (Lipinski definition) is 0. The van der Waals surface area contributed by atoms with Crippen LogP contribution in [-0.2, 0) is 10.0 Å². The topological polar surface area (TPSA) is 69.6 Å². The highest BCUT2D eigenvalue weighted by Gasteiger charge is 2.29. The van der Waals surface area contributed by atoms with Crippen LogP contribution in [0.1, 0.15) is 5.69 Å². The number of sulfonamides is 1. The molecule has 0 aliphatic carbocycles. The standard InChI is InChI=1S/C17H22FN5O2S/c1-13-12-16(21(2)3)20-17(19-13)22-8-10-23(11-9-22)26(24,25)15-6-4-14(18)5-7-15/h4-7,12H,8-11H2,1-3H3. The molecule has 2 aromatic rings. The van der Waals surface area contributed by atoms with Crippen molar-refractivity contribution in [2.24, 2.45) is 0 Å². The third-order valence-electron chi connectivity index (χ3n) is 4.26. The number of piperazine rings is 1. The van der Waals surface area contributed by atoms with Gasteiger partial charge in [-0.3, -0.25) is 0 Å². The van der Waals surface area contributed by atoms with Gasteiger partial charge in [-0.25, -0.2) is 17.8 Å². The number of hydrogen-bond acceptors (Lipinski definition) is 6. The molecule has 1 saturated heterocycles. The number of benzene rings is 1. The number of aromatic nitrogens is 2. The van der Waals surface area contributed by atoms with Crippen LogP contribution in [0.2, 0.25) is 0 Å². The van der Waals surface area contributed by atoms with E-state index in [9.17, 15) is 12.8 Å². The summed E-state index contributed by atoms with van der Waals surface area (Å²) < 4.78 is 39.8. The predicted octanol–water partition coefficient (Wildman–Crippen LogP) is 1.50. The highest BCUT2D eigenvalue weighted by Crippen LogP contribution is 2.21. The van der Waals surface area contributed by atoms with Crippen LogP contribution in [0.5, 0.6) is 0 Å². The second kappa shape index (κ2) is 7.16. The molecule has 0 amide bonds. The zero-order valence-corrected chi connectivity index (χ0v) is 15.9. The fraction of sp³-hybridized carbons (Fsp3) is 0.412. The molecule has 1 aliphatic rings. The minimum atomic E-state index is -3.62. The van der Waals surface area contributed by atoms with Gasteiger partial charge in [-0.2, -0.15) is 9.29 Å². The summed E-state index contributed by atoms with van der Waals surface area (Å²) in [7, 11) is 0.208. The maximum Gasteiger partial charge on any atom is 0.243 e. The van der Waals surface area contributed by atoms with E-state index in [1.54, 1.807) is 0 Å². The van der Waals surface area contributed by atoms with Crippen LogP contribution < -0.4 is 9.80 Å². The first kappa shape index (κ1) is 18.5. The quantitative estimate of drug-likeness (QED) is 0.802. The van der Waals surface area contributed by atoms with Crippen molar-refractivity contribution in [1.82, 2.24) is 14.3 Å². The SMILES string of the molecule is Cc1cc(N(C)C)nc(N2CCN(S(=O)(=O)c3ccc(F)cc3)CC2)n1. The van der Waals surface area contributed by atoms with Crippen LogP contribution in [0.4, 0.5) is 16.2 Å². The van der Waals surface area contributed by atoms with Crippen molar-refractivity contribution >= 4 is 21.8 Å². The van der Waals surface area contributed by atoms with Gasteiger partial charge in [-0.15, -0.1) is 0 Å². The molecular weight excluding hydrogens is 357 g/mol. The average molecular weight is 379 g/mol. The molecule has 26 heavy (non-hydrogen) atoms. The molecular formula is C17H22FN5O2S. The average Bonchev–Trinajstić information content (AvgIpc) is 2.61. The molecule has 1 aliphatic heterocycles. The summed E-state index contributed by atoms with van der Waals surface area (Å²) >= 11 is 0. The lowest BCUT2D eigenvalue weighted by atomic mass is 10.3. The fourth-order valence-corrected chi connectivity index (χ4v) is 4.21. The third-order valence-corrected chi connectivity index (χ3v) is 6.17. The van der Waals surface area contributed by atoms with E-state index in [2.05, 4.69) is 9.97 Å². The van der Waals surface area contributed by atoms with Crippen molar-refractivity contribution in [3.05, 3.63) is 41.8 Å². The first-order chi connectivity index (χ1) is 12.3. The van der Waals surface area contributed by atoms with Gasteiger partial charge in [0, 0.05) is 52.0 Å². The van der Waals surface area contributed by atoms with E-state index in [0.29, 0.717) is 32.1 Å². The van der Waals surface area contributed by atoms with Gasteiger partial charge in [-0.05, 0) is 31.2 Å². The Morgan fingerprint density at radius 3 is 2.23 bits per heavy atom. The normalized spacial score (nSPS) is 15.9. The predicted molar refractivity (Wildman–Crippen MR) is 98.5 cm³/mol. The highest BCUT2D eigenvalue weighted by atomic mass is 32.2. The maximum atomic E-state index is 13.0. The zero-order valence-electron chi connectivity index (χ0n) is 15.1. The Morgan fingerprint density at radius 1 is 1.04 bits per heavy atom. The Balaban J connectivity index is 1.74. The van der Waals surface area contributed by atoms with Crippen molar-refractivity contribution in [3.8, 4) is 0 Å². The molecule has 0 spiro atoms. The first-order valence-electron chi connectivity index (χ1n) is 8.31. The fourth-order valence-electron chi connectivity index (χ4n) is 2.79.